The summed E-state index contributed by atoms with van der Waals surface area (Å²) in [5, 5.41) is 11.5. The van der Waals surface area contributed by atoms with Crippen LogP contribution in [0.4, 0.5) is 0 Å². The second kappa shape index (κ2) is 4.72. The predicted molar refractivity (Wildman–Crippen MR) is 63.3 cm³/mol. The van der Waals surface area contributed by atoms with Gasteiger partial charge in [0, 0.05) is 6.54 Å². The quantitative estimate of drug-likeness (QED) is 0.815. The summed E-state index contributed by atoms with van der Waals surface area (Å²) in [5.41, 5.74) is 0.245. The summed E-state index contributed by atoms with van der Waals surface area (Å²) in [5.74, 6) is -1.46. The lowest BCUT2D eigenvalue weighted by atomic mass is 10.0. The molecular formula is C12H15N3O3. The Hall–Kier alpha value is -1.98. The largest absolute Gasteiger partial charge is 0.476 e. The molecule has 0 unspecified atom stereocenters. The van der Waals surface area contributed by atoms with Crippen molar-refractivity contribution in [2.75, 3.05) is 6.54 Å². The van der Waals surface area contributed by atoms with Gasteiger partial charge in [0.25, 0.3) is 5.91 Å². The van der Waals surface area contributed by atoms with E-state index in [1.807, 2.05) is 0 Å². The topological polar surface area (TPSA) is 92.2 Å². The van der Waals surface area contributed by atoms with Crippen molar-refractivity contribution in [3.05, 3.63) is 23.8 Å². The van der Waals surface area contributed by atoms with Crippen molar-refractivity contribution >= 4 is 11.9 Å². The number of aromatic carboxylic acids is 1. The molecule has 1 amide bonds. The van der Waals surface area contributed by atoms with Crippen molar-refractivity contribution in [3.8, 4) is 0 Å². The van der Waals surface area contributed by atoms with E-state index in [2.05, 4.69) is 22.2 Å². The van der Waals surface area contributed by atoms with Crippen molar-refractivity contribution in [1.82, 2.24) is 15.3 Å². The summed E-state index contributed by atoms with van der Waals surface area (Å²) in [7, 11) is 0. The highest BCUT2D eigenvalue weighted by Gasteiger charge is 2.40. The number of nitrogens with zero attached hydrogens (tertiary/aromatic N) is 2. The minimum Gasteiger partial charge on any atom is -0.476 e. The Morgan fingerprint density at radius 2 is 1.94 bits per heavy atom. The standard InChI is InChI=1S/C12H15N3O3/c1-2-12(3-4-12)7-15-10(16)8-5-14-9(6-13-8)11(17)18/h5-6H,2-4,7H2,1H3,(H,15,16)(H,17,18). The van der Waals surface area contributed by atoms with E-state index >= 15 is 0 Å². The van der Waals surface area contributed by atoms with Crippen LogP contribution in [0.2, 0.25) is 0 Å². The molecule has 0 spiro atoms. The Kier molecular flexibility index (Phi) is 3.27. The molecular weight excluding hydrogens is 234 g/mol. The third kappa shape index (κ3) is 2.64. The molecule has 18 heavy (non-hydrogen) atoms. The van der Waals surface area contributed by atoms with Crippen LogP contribution in [0.15, 0.2) is 12.4 Å². The lowest BCUT2D eigenvalue weighted by Crippen LogP contribution is -2.30. The predicted octanol–water partition coefficient (Wildman–Crippen LogP) is 1.09. The molecule has 1 heterocycles. The van der Waals surface area contributed by atoms with Crippen LogP contribution in [0.25, 0.3) is 0 Å². The molecule has 1 aliphatic rings. The maximum atomic E-state index is 11.8. The van der Waals surface area contributed by atoms with E-state index < -0.39 is 5.97 Å². The molecule has 0 aliphatic heterocycles. The summed E-state index contributed by atoms with van der Waals surface area (Å²) < 4.78 is 0. The van der Waals surface area contributed by atoms with Gasteiger partial charge in [-0.25, -0.2) is 14.8 Å². The summed E-state index contributed by atoms with van der Waals surface area (Å²) in [6, 6.07) is 0. The molecule has 1 saturated carbocycles. The molecule has 0 radical (unpaired) electrons. The zero-order valence-electron chi connectivity index (χ0n) is 10.1. The highest BCUT2D eigenvalue weighted by Crippen LogP contribution is 2.47. The molecule has 1 aromatic heterocycles. The number of amides is 1. The molecule has 2 rings (SSSR count). The average molecular weight is 249 g/mol. The number of hydrogen-bond donors (Lipinski definition) is 2. The van der Waals surface area contributed by atoms with E-state index in [0.29, 0.717) is 6.54 Å². The maximum absolute atomic E-state index is 11.8. The van der Waals surface area contributed by atoms with Gasteiger partial charge in [0.05, 0.1) is 12.4 Å². The van der Waals surface area contributed by atoms with Gasteiger partial charge in [-0.15, -0.1) is 0 Å². The molecule has 0 aromatic carbocycles. The van der Waals surface area contributed by atoms with Crippen molar-refractivity contribution < 1.29 is 14.7 Å². The zero-order chi connectivity index (χ0) is 13.2. The van der Waals surface area contributed by atoms with Gasteiger partial charge in [-0.1, -0.05) is 6.92 Å². The van der Waals surface area contributed by atoms with Crippen molar-refractivity contribution in [2.24, 2.45) is 5.41 Å². The maximum Gasteiger partial charge on any atom is 0.356 e. The lowest BCUT2D eigenvalue weighted by molar-refractivity contribution is 0.0689. The second-order valence-corrected chi connectivity index (χ2v) is 4.63. The van der Waals surface area contributed by atoms with Gasteiger partial charge in [-0.2, -0.15) is 0 Å². The lowest BCUT2D eigenvalue weighted by Gasteiger charge is -2.12. The normalized spacial score (nSPS) is 16.1. The van der Waals surface area contributed by atoms with Gasteiger partial charge in [0.2, 0.25) is 0 Å². The summed E-state index contributed by atoms with van der Waals surface area (Å²) in [4.78, 5) is 29.8. The molecule has 96 valence electrons. The summed E-state index contributed by atoms with van der Waals surface area (Å²) >= 11 is 0. The molecule has 0 saturated heterocycles. The first-order valence-corrected chi connectivity index (χ1v) is 5.90. The van der Waals surface area contributed by atoms with Crippen molar-refractivity contribution in [3.63, 3.8) is 0 Å². The zero-order valence-corrected chi connectivity index (χ0v) is 10.1. The molecule has 2 N–H and O–H groups in total. The monoisotopic (exact) mass is 249 g/mol. The number of carbonyl (C=O) groups excluding carboxylic acids is 1. The molecule has 0 bridgehead atoms. The highest BCUT2D eigenvalue weighted by atomic mass is 16.4. The van der Waals surface area contributed by atoms with Gasteiger partial charge >= 0.3 is 5.97 Å². The van der Waals surface area contributed by atoms with E-state index in [9.17, 15) is 9.59 Å². The fraction of sp³-hybridized carbons (Fsp3) is 0.500. The number of hydrogen-bond acceptors (Lipinski definition) is 4. The van der Waals surface area contributed by atoms with Crippen LogP contribution < -0.4 is 5.32 Å². The van der Waals surface area contributed by atoms with E-state index in [1.54, 1.807) is 0 Å². The number of carboxylic acids is 1. The van der Waals surface area contributed by atoms with E-state index in [4.69, 9.17) is 5.11 Å². The smallest absolute Gasteiger partial charge is 0.356 e. The average Bonchev–Trinajstić information content (AvgIpc) is 3.17. The minimum atomic E-state index is -1.16. The molecule has 0 atom stereocenters. The fourth-order valence-corrected chi connectivity index (χ4v) is 1.75. The Bertz CT molecular complexity index is 466. The first-order chi connectivity index (χ1) is 8.56. The number of nitrogens with one attached hydrogen (secondary N) is 1. The number of rotatable bonds is 5. The molecule has 6 heteroatoms. The van der Waals surface area contributed by atoms with Crippen LogP contribution in [0.5, 0.6) is 0 Å². The first-order valence-electron chi connectivity index (χ1n) is 5.90. The van der Waals surface area contributed by atoms with Crippen LogP contribution in [-0.4, -0.2) is 33.5 Å². The molecule has 1 aliphatic carbocycles. The van der Waals surface area contributed by atoms with Gasteiger partial charge < -0.3 is 10.4 Å². The fourth-order valence-electron chi connectivity index (χ4n) is 1.75. The SMILES string of the molecule is CCC1(CNC(=O)c2cnc(C(=O)O)cn2)CC1. The van der Waals surface area contributed by atoms with Crippen molar-refractivity contribution in [1.29, 1.82) is 0 Å². The van der Waals surface area contributed by atoms with Crippen LogP contribution in [0, 0.1) is 5.41 Å². The Labute approximate surface area is 104 Å². The Morgan fingerprint density at radius 1 is 1.33 bits per heavy atom. The molecule has 6 nitrogen and oxygen atoms in total. The molecule has 1 fully saturated rings. The van der Waals surface area contributed by atoms with E-state index in [0.717, 1.165) is 25.5 Å². The van der Waals surface area contributed by atoms with Gasteiger partial charge in [-0.05, 0) is 24.7 Å². The third-order valence-electron chi connectivity index (χ3n) is 3.43. The van der Waals surface area contributed by atoms with E-state index in [1.165, 1.54) is 6.20 Å². The van der Waals surface area contributed by atoms with Crippen LogP contribution in [0.3, 0.4) is 0 Å². The summed E-state index contributed by atoms with van der Waals surface area (Å²) in [6.45, 7) is 2.76. The van der Waals surface area contributed by atoms with Crippen LogP contribution in [0.1, 0.15) is 47.2 Å². The van der Waals surface area contributed by atoms with Crippen LogP contribution in [-0.2, 0) is 0 Å². The number of carboxylic acid groups (broad SMARTS) is 1. The summed E-state index contributed by atoms with van der Waals surface area (Å²) in [6.07, 6.45) is 5.62. The third-order valence-corrected chi connectivity index (χ3v) is 3.43. The highest BCUT2D eigenvalue weighted by molar-refractivity contribution is 5.92. The van der Waals surface area contributed by atoms with E-state index in [-0.39, 0.29) is 22.7 Å². The Balaban J connectivity index is 1.94. The second-order valence-electron chi connectivity index (χ2n) is 4.63. The van der Waals surface area contributed by atoms with Gasteiger partial charge in [0.15, 0.2) is 5.69 Å². The van der Waals surface area contributed by atoms with Crippen molar-refractivity contribution in [2.45, 2.75) is 26.2 Å². The molecule has 1 aromatic rings. The number of aromatic nitrogens is 2. The van der Waals surface area contributed by atoms with Gasteiger partial charge in [-0.3, -0.25) is 4.79 Å². The van der Waals surface area contributed by atoms with Crippen LogP contribution >= 0.6 is 0 Å². The minimum absolute atomic E-state index is 0.145. The Morgan fingerprint density at radius 3 is 2.39 bits per heavy atom. The number of carbonyl (C=O) groups is 2. The first kappa shape index (κ1) is 12.5. The van der Waals surface area contributed by atoms with Gasteiger partial charge in [0.1, 0.15) is 5.69 Å².